The largest absolute Gasteiger partial charge is 0.368 e. The first-order chi connectivity index (χ1) is 8.93. The standard InChI is InChI=1S/C13H17N3S2/c1-3-14-13(11-2-8-18-12(1)11)15-4-5-16-6-9-17-10-7-16/h1-3,8H,4-7,9-10H2,(H,14,15). The zero-order valence-corrected chi connectivity index (χ0v) is 11.9. The lowest BCUT2D eigenvalue weighted by Gasteiger charge is -2.26. The SMILES string of the molecule is c1cc2sccc2c(NCCN2CCSCC2)n1. The molecule has 0 spiro atoms. The predicted octanol–water partition coefficient (Wildman–Crippen LogP) is 2.76. The summed E-state index contributed by atoms with van der Waals surface area (Å²) in [5.74, 6) is 3.58. The summed E-state index contributed by atoms with van der Waals surface area (Å²) < 4.78 is 1.31. The maximum absolute atomic E-state index is 4.43. The lowest BCUT2D eigenvalue weighted by atomic mass is 10.3. The molecule has 2 aromatic heterocycles. The normalized spacial score (nSPS) is 17.1. The summed E-state index contributed by atoms with van der Waals surface area (Å²) in [4.78, 5) is 6.96. The average Bonchev–Trinajstić information content (AvgIpc) is 2.89. The fourth-order valence-electron chi connectivity index (χ4n) is 2.19. The topological polar surface area (TPSA) is 28.2 Å². The first-order valence-corrected chi connectivity index (χ1v) is 8.33. The molecular formula is C13H17N3S2. The van der Waals surface area contributed by atoms with Crippen LogP contribution < -0.4 is 5.32 Å². The van der Waals surface area contributed by atoms with E-state index in [0.717, 1.165) is 18.9 Å². The van der Waals surface area contributed by atoms with Crippen LogP contribution >= 0.6 is 23.1 Å². The van der Waals surface area contributed by atoms with Gasteiger partial charge >= 0.3 is 0 Å². The first kappa shape index (κ1) is 12.3. The quantitative estimate of drug-likeness (QED) is 0.931. The summed E-state index contributed by atoms with van der Waals surface area (Å²) >= 11 is 3.83. The van der Waals surface area contributed by atoms with Crippen LogP contribution in [0.3, 0.4) is 0 Å². The van der Waals surface area contributed by atoms with E-state index in [4.69, 9.17) is 0 Å². The fourth-order valence-corrected chi connectivity index (χ4v) is 3.95. The third-order valence-electron chi connectivity index (χ3n) is 3.20. The summed E-state index contributed by atoms with van der Waals surface area (Å²) in [6, 6.07) is 4.22. The van der Waals surface area contributed by atoms with E-state index in [9.17, 15) is 0 Å². The molecule has 0 amide bonds. The van der Waals surface area contributed by atoms with Gasteiger partial charge in [-0.2, -0.15) is 11.8 Å². The molecule has 1 saturated heterocycles. The fraction of sp³-hybridized carbons (Fsp3) is 0.462. The molecule has 0 aliphatic carbocycles. The van der Waals surface area contributed by atoms with Crippen LogP contribution in [0.4, 0.5) is 5.82 Å². The van der Waals surface area contributed by atoms with E-state index >= 15 is 0 Å². The number of thiophene rings is 1. The first-order valence-electron chi connectivity index (χ1n) is 6.30. The summed E-state index contributed by atoms with van der Waals surface area (Å²) in [6.45, 7) is 4.54. The molecular weight excluding hydrogens is 262 g/mol. The van der Waals surface area contributed by atoms with Gasteiger partial charge in [-0.3, -0.25) is 4.90 Å². The number of pyridine rings is 1. The highest BCUT2D eigenvalue weighted by molar-refractivity contribution is 7.99. The van der Waals surface area contributed by atoms with Crippen molar-refractivity contribution < 1.29 is 0 Å². The molecule has 0 unspecified atom stereocenters. The Balaban J connectivity index is 1.57. The van der Waals surface area contributed by atoms with Crippen LogP contribution in [0.25, 0.3) is 10.1 Å². The van der Waals surface area contributed by atoms with Crippen LogP contribution in [0.15, 0.2) is 23.7 Å². The number of rotatable bonds is 4. The van der Waals surface area contributed by atoms with E-state index in [1.165, 1.54) is 34.7 Å². The van der Waals surface area contributed by atoms with E-state index in [2.05, 4.69) is 44.5 Å². The minimum Gasteiger partial charge on any atom is -0.368 e. The monoisotopic (exact) mass is 279 g/mol. The molecule has 5 heteroatoms. The Hall–Kier alpha value is -0.780. The zero-order chi connectivity index (χ0) is 12.2. The number of hydrogen-bond donors (Lipinski definition) is 1. The summed E-state index contributed by atoms with van der Waals surface area (Å²) in [5, 5.41) is 6.84. The number of aromatic nitrogens is 1. The maximum atomic E-state index is 4.43. The maximum Gasteiger partial charge on any atom is 0.134 e. The van der Waals surface area contributed by atoms with Gasteiger partial charge in [-0.1, -0.05) is 0 Å². The van der Waals surface area contributed by atoms with Crippen molar-refractivity contribution in [2.24, 2.45) is 0 Å². The summed E-state index contributed by atoms with van der Waals surface area (Å²) in [5.41, 5.74) is 0. The number of anilines is 1. The van der Waals surface area contributed by atoms with E-state index < -0.39 is 0 Å². The second-order valence-electron chi connectivity index (χ2n) is 4.37. The smallest absolute Gasteiger partial charge is 0.134 e. The Morgan fingerprint density at radius 1 is 1.28 bits per heavy atom. The number of thioether (sulfide) groups is 1. The van der Waals surface area contributed by atoms with Gasteiger partial charge in [-0.15, -0.1) is 11.3 Å². The van der Waals surface area contributed by atoms with Gasteiger partial charge in [0, 0.05) is 54.0 Å². The number of nitrogens with one attached hydrogen (secondary N) is 1. The molecule has 1 aliphatic rings. The van der Waals surface area contributed by atoms with Crippen molar-refractivity contribution in [3.63, 3.8) is 0 Å². The van der Waals surface area contributed by atoms with Crippen molar-refractivity contribution in [1.29, 1.82) is 0 Å². The van der Waals surface area contributed by atoms with Gasteiger partial charge in [0.2, 0.25) is 0 Å². The molecule has 1 N–H and O–H groups in total. The van der Waals surface area contributed by atoms with Crippen LogP contribution in [0, 0.1) is 0 Å². The number of fused-ring (bicyclic) bond motifs is 1. The minimum absolute atomic E-state index is 0.979. The molecule has 3 heterocycles. The Morgan fingerprint density at radius 3 is 3.06 bits per heavy atom. The summed E-state index contributed by atoms with van der Waals surface area (Å²) in [6.07, 6.45) is 1.89. The van der Waals surface area contributed by atoms with Crippen LogP contribution in [0.2, 0.25) is 0 Å². The summed E-state index contributed by atoms with van der Waals surface area (Å²) in [7, 11) is 0. The van der Waals surface area contributed by atoms with E-state index in [1.54, 1.807) is 11.3 Å². The van der Waals surface area contributed by atoms with Gasteiger partial charge in [0.25, 0.3) is 0 Å². The lowest BCUT2D eigenvalue weighted by Crippen LogP contribution is -2.36. The third kappa shape index (κ3) is 2.79. The minimum atomic E-state index is 0.979. The highest BCUT2D eigenvalue weighted by atomic mass is 32.2. The Kier molecular flexibility index (Phi) is 4.02. The second-order valence-corrected chi connectivity index (χ2v) is 6.55. The third-order valence-corrected chi connectivity index (χ3v) is 5.03. The molecule has 96 valence electrons. The zero-order valence-electron chi connectivity index (χ0n) is 10.3. The molecule has 0 bridgehead atoms. The molecule has 0 atom stereocenters. The predicted molar refractivity (Wildman–Crippen MR) is 81.9 cm³/mol. The molecule has 0 aromatic carbocycles. The highest BCUT2D eigenvalue weighted by Crippen LogP contribution is 2.25. The van der Waals surface area contributed by atoms with Crippen molar-refractivity contribution in [3.05, 3.63) is 23.7 Å². The van der Waals surface area contributed by atoms with E-state index in [1.807, 2.05) is 6.20 Å². The van der Waals surface area contributed by atoms with Crippen LogP contribution in [0.5, 0.6) is 0 Å². The number of nitrogens with zero attached hydrogens (tertiary/aromatic N) is 2. The van der Waals surface area contributed by atoms with Gasteiger partial charge in [-0.25, -0.2) is 4.98 Å². The van der Waals surface area contributed by atoms with E-state index in [-0.39, 0.29) is 0 Å². The van der Waals surface area contributed by atoms with Gasteiger partial charge in [0.15, 0.2) is 0 Å². The Morgan fingerprint density at radius 2 is 2.17 bits per heavy atom. The van der Waals surface area contributed by atoms with Crippen LogP contribution in [-0.4, -0.2) is 47.6 Å². The Bertz CT molecular complexity index is 506. The Labute approximate surface area is 116 Å². The lowest BCUT2D eigenvalue weighted by molar-refractivity contribution is 0.314. The van der Waals surface area contributed by atoms with Crippen LogP contribution in [-0.2, 0) is 0 Å². The number of hydrogen-bond acceptors (Lipinski definition) is 5. The molecule has 3 rings (SSSR count). The van der Waals surface area contributed by atoms with Crippen molar-refractivity contribution in [2.45, 2.75) is 0 Å². The van der Waals surface area contributed by atoms with Gasteiger partial charge in [0.05, 0.1) is 0 Å². The average molecular weight is 279 g/mol. The van der Waals surface area contributed by atoms with Gasteiger partial charge < -0.3 is 5.32 Å². The van der Waals surface area contributed by atoms with Gasteiger partial charge in [0.1, 0.15) is 5.82 Å². The molecule has 1 fully saturated rings. The molecule has 2 aromatic rings. The van der Waals surface area contributed by atoms with Crippen molar-refractivity contribution >= 4 is 39.0 Å². The van der Waals surface area contributed by atoms with Crippen molar-refractivity contribution in [2.75, 3.05) is 43.0 Å². The molecule has 0 saturated carbocycles. The van der Waals surface area contributed by atoms with Crippen molar-refractivity contribution in [1.82, 2.24) is 9.88 Å². The van der Waals surface area contributed by atoms with Crippen LogP contribution in [0.1, 0.15) is 0 Å². The van der Waals surface area contributed by atoms with Gasteiger partial charge in [-0.05, 0) is 17.5 Å². The second kappa shape index (κ2) is 5.91. The highest BCUT2D eigenvalue weighted by Gasteiger charge is 2.09. The molecule has 1 aliphatic heterocycles. The molecule has 0 radical (unpaired) electrons. The molecule has 3 nitrogen and oxygen atoms in total. The molecule has 18 heavy (non-hydrogen) atoms. The van der Waals surface area contributed by atoms with E-state index in [0.29, 0.717) is 0 Å². The van der Waals surface area contributed by atoms with Crippen molar-refractivity contribution in [3.8, 4) is 0 Å².